The first-order valence-electron chi connectivity index (χ1n) is 7.38. The first-order chi connectivity index (χ1) is 10.2. The van der Waals surface area contributed by atoms with Crippen LogP contribution in [0.25, 0.3) is 11.3 Å². The van der Waals surface area contributed by atoms with Crippen LogP contribution in [0.2, 0.25) is 0 Å². The van der Waals surface area contributed by atoms with Gasteiger partial charge in [-0.1, -0.05) is 47.0 Å². The fourth-order valence-corrected chi connectivity index (χ4v) is 3.16. The van der Waals surface area contributed by atoms with Crippen LogP contribution >= 0.6 is 15.9 Å². The molecule has 1 saturated heterocycles. The van der Waals surface area contributed by atoms with Gasteiger partial charge in [-0.3, -0.25) is 0 Å². The second-order valence-corrected chi connectivity index (χ2v) is 6.21. The molecule has 1 aromatic carbocycles. The summed E-state index contributed by atoms with van der Waals surface area (Å²) in [6.45, 7) is 2.03. The molecule has 0 atom stereocenters. The van der Waals surface area contributed by atoms with Gasteiger partial charge in [0.05, 0.1) is 5.69 Å². The minimum atomic E-state index is 0.523. The fraction of sp³-hybridized carbons (Fsp3) is 0.375. The molecule has 2 aromatic rings. The topological polar surface area (TPSA) is 55.0 Å². The number of aromatic nitrogens is 2. The Kier molecular flexibility index (Phi) is 4.39. The summed E-state index contributed by atoms with van der Waals surface area (Å²) in [5.41, 5.74) is 7.91. The summed E-state index contributed by atoms with van der Waals surface area (Å²) in [7, 11) is 0. The van der Waals surface area contributed by atoms with Crippen molar-refractivity contribution in [3.05, 3.63) is 34.8 Å². The first-order valence-corrected chi connectivity index (χ1v) is 8.18. The highest BCUT2D eigenvalue weighted by atomic mass is 79.9. The van der Waals surface area contributed by atoms with Gasteiger partial charge in [0, 0.05) is 29.2 Å². The van der Waals surface area contributed by atoms with Gasteiger partial charge in [-0.15, -0.1) is 0 Å². The monoisotopic (exact) mass is 346 g/mol. The van der Waals surface area contributed by atoms with Crippen molar-refractivity contribution in [1.82, 2.24) is 9.97 Å². The summed E-state index contributed by atoms with van der Waals surface area (Å²) >= 11 is 3.58. The van der Waals surface area contributed by atoms with E-state index in [-0.39, 0.29) is 0 Å². The molecule has 0 saturated carbocycles. The standard InChI is InChI=1S/C16H19BrN4/c17-13-8-4-3-7-12(13)14-11-15(18)20-16(19-14)21-9-5-1-2-6-10-21/h3-4,7-8,11H,1-2,5-6,9-10H2,(H2,18,19,20). The van der Waals surface area contributed by atoms with Gasteiger partial charge < -0.3 is 10.6 Å². The van der Waals surface area contributed by atoms with Crippen molar-refractivity contribution in [2.45, 2.75) is 25.7 Å². The van der Waals surface area contributed by atoms with Gasteiger partial charge in [0.1, 0.15) is 5.82 Å². The summed E-state index contributed by atoms with van der Waals surface area (Å²) < 4.78 is 1.02. The van der Waals surface area contributed by atoms with Gasteiger partial charge in [0.15, 0.2) is 0 Å². The summed E-state index contributed by atoms with van der Waals surface area (Å²) in [5.74, 6) is 1.28. The number of anilines is 2. The molecule has 5 heteroatoms. The Morgan fingerprint density at radius 1 is 1.00 bits per heavy atom. The van der Waals surface area contributed by atoms with Crippen LogP contribution in [0.3, 0.4) is 0 Å². The van der Waals surface area contributed by atoms with E-state index in [1.165, 1.54) is 25.7 Å². The molecule has 1 aromatic heterocycles. The van der Waals surface area contributed by atoms with E-state index < -0.39 is 0 Å². The molecule has 21 heavy (non-hydrogen) atoms. The van der Waals surface area contributed by atoms with Crippen LogP contribution in [-0.2, 0) is 0 Å². The Morgan fingerprint density at radius 2 is 1.71 bits per heavy atom. The zero-order valence-corrected chi connectivity index (χ0v) is 13.5. The van der Waals surface area contributed by atoms with E-state index >= 15 is 0 Å². The van der Waals surface area contributed by atoms with Gasteiger partial charge in [-0.25, -0.2) is 4.98 Å². The average molecular weight is 347 g/mol. The SMILES string of the molecule is Nc1cc(-c2ccccc2Br)nc(N2CCCCCC2)n1. The van der Waals surface area contributed by atoms with Gasteiger partial charge in [0.25, 0.3) is 0 Å². The van der Waals surface area contributed by atoms with Crippen LogP contribution in [0.4, 0.5) is 11.8 Å². The van der Waals surface area contributed by atoms with Crippen LogP contribution in [0.5, 0.6) is 0 Å². The predicted octanol–water partition coefficient (Wildman–Crippen LogP) is 3.87. The molecule has 2 N–H and O–H groups in total. The zero-order valence-electron chi connectivity index (χ0n) is 11.9. The number of nitrogen functional groups attached to an aromatic ring is 1. The van der Waals surface area contributed by atoms with Crippen molar-refractivity contribution in [1.29, 1.82) is 0 Å². The van der Waals surface area contributed by atoms with E-state index in [1.807, 2.05) is 30.3 Å². The second-order valence-electron chi connectivity index (χ2n) is 5.36. The number of hydrogen-bond donors (Lipinski definition) is 1. The van der Waals surface area contributed by atoms with E-state index in [0.29, 0.717) is 5.82 Å². The zero-order chi connectivity index (χ0) is 14.7. The van der Waals surface area contributed by atoms with Gasteiger partial charge in [0.2, 0.25) is 5.95 Å². The van der Waals surface area contributed by atoms with E-state index in [1.54, 1.807) is 0 Å². The summed E-state index contributed by atoms with van der Waals surface area (Å²) in [4.78, 5) is 11.4. The summed E-state index contributed by atoms with van der Waals surface area (Å²) in [6.07, 6.45) is 4.97. The third-order valence-electron chi connectivity index (χ3n) is 3.77. The molecule has 2 heterocycles. The first kappa shape index (κ1) is 14.3. The lowest BCUT2D eigenvalue weighted by molar-refractivity contribution is 0.726. The van der Waals surface area contributed by atoms with Crippen LogP contribution in [-0.4, -0.2) is 23.1 Å². The lowest BCUT2D eigenvalue weighted by atomic mass is 10.1. The Hall–Kier alpha value is -1.62. The normalized spacial score (nSPS) is 15.8. The largest absolute Gasteiger partial charge is 0.384 e. The third kappa shape index (κ3) is 3.35. The molecule has 0 amide bonds. The van der Waals surface area contributed by atoms with Crippen LogP contribution < -0.4 is 10.6 Å². The Bertz CT molecular complexity index is 621. The second kappa shape index (κ2) is 6.43. The van der Waals surface area contributed by atoms with Gasteiger partial charge >= 0.3 is 0 Å². The van der Waals surface area contributed by atoms with Crippen LogP contribution in [0.1, 0.15) is 25.7 Å². The predicted molar refractivity (Wildman–Crippen MR) is 90.3 cm³/mol. The smallest absolute Gasteiger partial charge is 0.227 e. The highest BCUT2D eigenvalue weighted by molar-refractivity contribution is 9.10. The molecular formula is C16H19BrN4. The molecule has 110 valence electrons. The number of halogens is 1. The molecular weight excluding hydrogens is 328 g/mol. The lowest BCUT2D eigenvalue weighted by Gasteiger charge is -2.21. The van der Waals surface area contributed by atoms with Crippen molar-refractivity contribution in [2.75, 3.05) is 23.7 Å². The maximum Gasteiger partial charge on any atom is 0.227 e. The minimum absolute atomic E-state index is 0.523. The van der Waals surface area contributed by atoms with Crippen LogP contribution in [0, 0.1) is 0 Å². The number of benzene rings is 1. The van der Waals surface area contributed by atoms with Crippen molar-refractivity contribution in [3.8, 4) is 11.3 Å². The lowest BCUT2D eigenvalue weighted by Crippen LogP contribution is -2.26. The van der Waals surface area contributed by atoms with Crippen LogP contribution in [0.15, 0.2) is 34.8 Å². The molecule has 4 nitrogen and oxygen atoms in total. The van der Waals surface area contributed by atoms with Crippen molar-refractivity contribution < 1.29 is 0 Å². The van der Waals surface area contributed by atoms with Crippen molar-refractivity contribution in [2.24, 2.45) is 0 Å². The highest BCUT2D eigenvalue weighted by Crippen LogP contribution is 2.29. The van der Waals surface area contributed by atoms with Crippen molar-refractivity contribution >= 4 is 27.7 Å². The molecule has 0 spiro atoms. The van der Waals surface area contributed by atoms with E-state index in [9.17, 15) is 0 Å². The number of rotatable bonds is 2. The molecule has 3 rings (SSSR count). The molecule has 0 bridgehead atoms. The molecule has 1 fully saturated rings. The van der Waals surface area contributed by atoms with E-state index in [4.69, 9.17) is 10.7 Å². The maximum atomic E-state index is 6.00. The van der Waals surface area contributed by atoms with Crippen molar-refractivity contribution in [3.63, 3.8) is 0 Å². The molecule has 0 unspecified atom stereocenters. The molecule has 1 aliphatic rings. The molecule has 1 aliphatic heterocycles. The van der Waals surface area contributed by atoms with E-state index in [0.717, 1.165) is 34.8 Å². The Morgan fingerprint density at radius 3 is 2.43 bits per heavy atom. The quantitative estimate of drug-likeness (QED) is 0.896. The Labute approximate surface area is 133 Å². The minimum Gasteiger partial charge on any atom is -0.384 e. The molecule has 0 aliphatic carbocycles. The van der Waals surface area contributed by atoms with E-state index in [2.05, 4.69) is 25.8 Å². The summed E-state index contributed by atoms with van der Waals surface area (Å²) in [5, 5.41) is 0. The Balaban J connectivity index is 1.98. The number of hydrogen-bond acceptors (Lipinski definition) is 4. The van der Waals surface area contributed by atoms with Gasteiger partial charge in [-0.2, -0.15) is 4.98 Å². The number of nitrogens with two attached hydrogens (primary N) is 1. The third-order valence-corrected chi connectivity index (χ3v) is 4.46. The highest BCUT2D eigenvalue weighted by Gasteiger charge is 2.15. The van der Waals surface area contributed by atoms with Gasteiger partial charge in [-0.05, 0) is 18.9 Å². The fourth-order valence-electron chi connectivity index (χ4n) is 2.67. The average Bonchev–Trinajstić information content (AvgIpc) is 2.76. The number of nitrogens with zero attached hydrogens (tertiary/aromatic N) is 3. The maximum absolute atomic E-state index is 6.00. The summed E-state index contributed by atoms with van der Waals surface area (Å²) in [6, 6.07) is 9.89. The molecule has 0 radical (unpaired) electrons.